The third kappa shape index (κ3) is 5.09. The number of H-pyrrole nitrogens is 1. The van der Waals surface area contributed by atoms with Gasteiger partial charge in [-0.1, -0.05) is 59.6 Å². The number of hydrogen-bond acceptors (Lipinski definition) is 2. The van der Waals surface area contributed by atoms with Crippen molar-refractivity contribution < 1.29 is 9.53 Å². The number of carbonyl (C=O) groups excluding carboxylic acids is 1. The summed E-state index contributed by atoms with van der Waals surface area (Å²) in [6, 6.07) is 21.5. The molecule has 0 aliphatic carbocycles. The molecule has 164 valence electrons. The van der Waals surface area contributed by atoms with Crippen molar-refractivity contribution in [2.24, 2.45) is 0 Å². The number of methoxy groups -OCH3 is 1. The molecule has 0 radical (unpaired) electrons. The summed E-state index contributed by atoms with van der Waals surface area (Å²) < 4.78 is 5.30. The lowest BCUT2D eigenvalue weighted by molar-refractivity contribution is -0.121. The Bertz CT molecular complexity index is 1220. The Morgan fingerprint density at radius 1 is 1.06 bits per heavy atom. The number of nitrogens with one attached hydrogen (secondary N) is 2. The highest BCUT2D eigenvalue weighted by atomic mass is 35.5. The van der Waals surface area contributed by atoms with E-state index in [1.807, 2.05) is 54.7 Å². The molecule has 0 saturated heterocycles. The molecule has 4 nitrogen and oxygen atoms in total. The summed E-state index contributed by atoms with van der Waals surface area (Å²) >= 11 is 12.2. The number of para-hydroxylation sites is 1. The predicted octanol–water partition coefficient (Wildman–Crippen LogP) is 6.36. The highest BCUT2D eigenvalue weighted by Gasteiger charge is 2.21. The molecule has 6 heteroatoms. The van der Waals surface area contributed by atoms with Crippen LogP contribution in [0.15, 0.2) is 72.9 Å². The molecule has 1 aromatic heterocycles. The molecule has 0 aliphatic rings. The SMILES string of the molecule is COc1ccc(C(CC(=O)NCCc2ccc(Cl)cc2Cl)c2c[nH]c3ccccc23)cc1. The normalized spacial score (nSPS) is 12.0. The summed E-state index contributed by atoms with van der Waals surface area (Å²) in [5.74, 6) is 0.688. The number of ether oxygens (including phenoxy) is 1. The van der Waals surface area contributed by atoms with Crippen LogP contribution in [-0.2, 0) is 11.2 Å². The van der Waals surface area contributed by atoms with Gasteiger partial charge < -0.3 is 15.0 Å². The zero-order valence-corrected chi connectivity index (χ0v) is 19.2. The molecule has 1 heterocycles. The second-order valence-corrected chi connectivity index (χ2v) is 8.50. The number of aromatic amines is 1. The Morgan fingerprint density at radius 3 is 2.59 bits per heavy atom. The van der Waals surface area contributed by atoms with Crippen LogP contribution in [0.25, 0.3) is 10.9 Å². The summed E-state index contributed by atoms with van der Waals surface area (Å²) in [7, 11) is 1.65. The van der Waals surface area contributed by atoms with E-state index in [-0.39, 0.29) is 11.8 Å². The molecule has 0 aliphatic heterocycles. The fourth-order valence-electron chi connectivity index (χ4n) is 3.94. The lowest BCUT2D eigenvalue weighted by atomic mass is 9.88. The molecule has 1 unspecified atom stereocenters. The number of hydrogen-bond donors (Lipinski definition) is 2. The molecule has 0 spiro atoms. The zero-order chi connectivity index (χ0) is 22.5. The number of aromatic nitrogens is 1. The number of carbonyl (C=O) groups is 1. The molecule has 32 heavy (non-hydrogen) atoms. The highest BCUT2D eigenvalue weighted by Crippen LogP contribution is 2.34. The van der Waals surface area contributed by atoms with E-state index in [0.29, 0.717) is 29.4 Å². The van der Waals surface area contributed by atoms with Crippen LogP contribution in [0.4, 0.5) is 0 Å². The number of fused-ring (bicyclic) bond motifs is 1. The first-order chi connectivity index (χ1) is 15.5. The van der Waals surface area contributed by atoms with Gasteiger partial charge in [0.25, 0.3) is 0 Å². The zero-order valence-electron chi connectivity index (χ0n) is 17.7. The van der Waals surface area contributed by atoms with Gasteiger partial charge in [-0.15, -0.1) is 0 Å². The van der Waals surface area contributed by atoms with Crippen LogP contribution in [0.1, 0.15) is 29.0 Å². The van der Waals surface area contributed by atoms with Crippen molar-refractivity contribution in [3.63, 3.8) is 0 Å². The van der Waals surface area contributed by atoms with Crippen LogP contribution in [0.5, 0.6) is 5.75 Å². The molecule has 0 bridgehead atoms. The maximum atomic E-state index is 12.9. The van der Waals surface area contributed by atoms with E-state index in [1.54, 1.807) is 19.2 Å². The lowest BCUT2D eigenvalue weighted by Crippen LogP contribution is -2.27. The average Bonchev–Trinajstić information content (AvgIpc) is 3.23. The van der Waals surface area contributed by atoms with E-state index in [4.69, 9.17) is 27.9 Å². The van der Waals surface area contributed by atoms with E-state index in [2.05, 4.69) is 16.4 Å². The Labute approximate surface area is 197 Å². The van der Waals surface area contributed by atoms with Crippen molar-refractivity contribution in [3.05, 3.63) is 99.7 Å². The molecule has 0 saturated carbocycles. The van der Waals surface area contributed by atoms with Crippen molar-refractivity contribution in [1.29, 1.82) is 0 Å². The number of amides is 1. The first-order valence-electron chi connectivity index (χ1n) is 10.5. The van der Waals surface area contributed by atoms with E-state index >= 15 is 0 Å². The van der Waals surface area contributed by atoms with Crippen molar-refractivity contribution in [3.8, 4) is 5.75 Å². The van der Waals surface area contributed by atoms with Gasteiger partial charge >= 0.3 is 0 Å². The van der Waals surface area contributed by atoms with E-state index in [9.17, 15) is 4.79 Å². The molecule has 2 N–H and O–H groups in total. The van der Waals surface area contributed by atoms with Crippen molar-refractivity contribution in [2.45, 2.75) is 18.8 Å². The summed E-state index contributed by atoms with van der Waals surface area (Å²) in [5.41, 5.74) is 4.17. The average molecular weight is 467 g/mol. The Kier molecular flexibility index (Phi) is 7.03. The van der Waals surface area contributed by atoms with Gasteiger partial charge in [0, 0.05) is 46.0 Å². The first kappa shape index (κ1) is 22.3. The fourth-order valence-corrected chi connectivity index (χ4v) is 4.45. The fraction of sp³-hybridized carbons (Fsp3) is 0.192. The first-order valence-corrected chi connectivity index (χ1v) is 11.2. The standard InChI is InChI=1S/C26H24Cl2N2O2/c1-32-20-10-7-17(8-11-20)22(23-16-30-25-5-3-2-4-21(23)25)15-26(31)29-13-12-18-6-9-19(27)14-24(18)28/h2-11,14,16,22,30H,12-13,15H2,1H3,(H,29,31). The Balaban J connectivity index is 1.51. The summed E-state index contributed by atoms with van der Waals surface area (Å²) in [6.45, 7) is 0.503. The van der Waals surface area contributed by atoms with Gasteiger partial charge in [0.05, 0.1) is 7.11 Å². The molecule has 4 aromatic rings. The molecule has 0 fully saturated rings. The summed E-state index contributed by atoms with van der Waals surface area (Å²) in [6.07, 6.45) is 2.98. The molecule has 3 aromatic carbocycles. The van der Waals surface area contributed by atoms with Crippen LogP contribution in [-0.4, -0.2) is 24.5 Å². The Hall–Kier alpha value is -2.95. The molecule has 4 rings (SSSR count). The maximum Gasteiger partial charge on any atom is 0.220 e. The smallest absolute Gasteiger partial charge is 0.220 e. The van der Waals surface area contributed by atoms with Crippen LogP contribution in [0.2, 0.25) is 10.0 Å². The quantitative estimate of drug-likeness (QED) is 0.317. The van der Waals surface area contributed by atoms with E-state index < -0.39 is 0 Å². The van der Waals surface area contributed by atoms with Gasteiger partial charge in [-0.25, -0.2) is 0 Å². The predicted molar refractivity (Wildman–Crippen MR) is 131 cm³/mol. The van der Waals surface area contributed by atoms with Crippen LogP contribution in [0, 0.1) is 0 Å². The van der Waals surface area contributed by atoms with Gasteiger partial charge in [-0.05, 0) is 53.4 Å². The molecule has 1 atom stereocenters. The van der Waals surface area contributed by atoms with Gasteiger partial charge in [-0.3, -0.25) is 4.79 Å². The Morgan fingerprint density at radius 2 is 1.84 bits per heavy atom. The summed E-state index contributed by atoms with van der Waals surface area (Å²) in [5, 5.41) is 5.37. The third-order valence-electron chi connectivity index (χ3n) is 5.64. The number of halogens is 2. The van der Waals surface area contributed by atoms with Gasteiger partial charge in [0.2, 0.25) is 5.91 Å². The van der Waals surface area contributed by atoms with Crippen LogP contribution >= 0.6 is 23.2 Å². The molecule has 1 amide bonds. The van der Waals surface area contributed by atoms with Crippen molar-refractivity contribution in [2.75, 3.05) is 13.7 Å². The van der Waals surface area contributed by atoms with Gasteiger partial charge in [0.1, 0.15) is 5.75 Å². The number of benzene rings is 3. The lowest BCUT2D eigenvalue weighted by Gasteiger charge is -2.18. The molecular formula is C26H24Cl2N2O2. The second kappa shape index (κ2) is 10.1. The largest absolute Gasteiger partial charge is 0.497 e. The minimum atomic E-state index is -0.0869. The van der Waals surface area contributed by atoms with E-state index in [0.717, 1.165) is 33.3 Å². The third-order valence-corrected chi connectivity index (χ3v) is 6.22. The van der Waals surface area contributed by atoms with Crippen molar-refractivity contribution >= 4 is 40.0 Å². The monoisotopic (exact) mass is 466 g/mol. The van der Waals surface area contributed by atoms with Gasteiger partial charge in [-0.2, -0.15) is 0 Å². The van der Waals surface area contributed by atoms with Crippen molar-refractivity contribution in [1.82, 2.24) is 10.3 Å². The minimum absolute atomic E-state index is 0.0128. The summed E-state index contributed by atoms with van der Waals surface area (Å²) in [4.78, 5) is 16.2. The van der Waals surface area contributed by atoms with Crippen LogP contribution in [0.3, 0.4) is 0 Å². The maximum absolute atomic E-state index is 12.9. The van der Waals surface area contributed by atoms with E-state index in [1.165, 1.54) is 0 Å². The highest BCUT2D eigenvalue weighted by molar-refractivity contribution is 6.35. The topological polar surface area (TPSA) is 54.1 Å². The molecular weight excluding hydrogens is 443 g/mol. The van der Waals surface area contributed by atoms with Crippen LogP contribution < -0.4 is 10.1 Å². The second-order valence-electron chi connectivity index (χ2n) is 7.66. The minimum Gasteiger partial charge on any atom is -0.497 e. The van der Waals surface area contributed by atoms with Gasteiger partial charge in [0.15, 0.2) is 0 Å². The number of rotatable bonds is 8.